The fraction of sp³-hybridized carbons (Fsp3) is 0.0870. The fourth-order valence-corrected chi connectivity index (χ4v) is 3.51. The van der Waals surface area contributed by atoms with Crippen LogP contribution in [0.15, 0.2) is 78.9 Å². The molecule has 0 saturated heterocycles. The first-order valence-corrected chi connectivity index (χ1v) is 8.45. The Morgan fingerprint density at radius 1 is 0.846 bits per heavy atom. The zero-order valence-electron chi connectivity index (χ0n) is 14.3. The van der Waals surface area contributed by atoms with Gasteiger partial charge in [-0.3, -0.25) is 4.79 Å². The highest BCUT2D eigenvalue weighted by molar-refractivity contribution is 5.93. The van der Waals surface area contributed by atoms with E-state index in [0.717, 1.165) is 38.4 Å². The number of carboxylic acids is 1. The van der Waals surface area contributed by atoms with Crippen LogP contribution < -0.4 is 4.74 Å². The largest absolute Gasteiger partial charge is 0.497 e. The van der Waals surface area contributed by atoms with Crippen LogP contribution in [0, 0.1) is 0 Å². The minimum absolute atomic E-state index is 0.715. The average Bonchev–Trinajstić information content (AvgIpc) is 2.67. The van der Waals surface area contributed by atoms with Crippen molar-refractivity contribution in [3.63, 3.8) is 0 Å². The maximum absolute atomic E-state index is 12.2. The van der Waals surface area contributed by atoms with Crippen molar-refractivity contribution in [2.45, 2.75) is 5.92 Å². The van der Waals surface area contributed by atoms with Gasteiger partial charge in [-0.25, -0.2) is 0 Å². The number of carbonyl (C=O) groups is 1. The van der Waals surface area contributed by atoms with Gasteiger partial charge in [0.05, 0.1) is 7.11 Å². The molecular weight excluding hydrogens is 324 g/mol. The van der Waals surface area contributed by atoms with E-state index in [4.69, 9.17) is 4.74 Å². The van der Waals surface area contributed by atoms with Gasteiger partial charge in [0.15, 0.2) is 0 Å². The molecule has 0 bridgehead atoms. The Hall–Kier alpha value is -3.33. The van der Waals surface area contributed by atoms with E-state index in [9.17, 15) is 9.90 Å². The molecule has 0 spiro atoms. The SMILES string of the molecule is COc1ccc2cc(C(C(=O)O)c3cccc4ccccc34)ccc2c1. The third-order valence-corrected chi connectivity index (χ3v) is 4.79. The molecule has 0 aromatic heterocycles. The first-order valence-electron chi connectivity index (χ1n) is 8.45. The summed E-state index contributed by atoms with van der Waals surface area (Å²) < 4.78 is 5.26. The van der Waals surface area contributed by atoms with Crippen LogP contribution in [-0.2, 0) is 4.79 Å². The molecule has 4 aromatic carbocycles. The normalized spacial score (nSPS) is 12.2. The Kier molecular flexibility index (Phi) is 4.05. The molecule has 128 valence electrons. The van der Waals surface area contributed by atoms with Gasteiger partial charge in [-0.15, -0.1) is 0 Å². The number of benzene rings is 4. The summed E-state index contributed by atoms with van der Waals surface area (Å²) in [7, 11) is 1.64. The predicted octanol–water partition coefficient (Wildman–Crippen LogP) is 5.22. The average molecular weight is 342 g/mol. The van der Waals surface area contributed by atoms with E-state index < -0.39 is 11.9 Å². The van der Waals surface area contributed by atoms with Gasteiger partial charge >= 0.3 is 5.97 Å². The summed E-state index contributed by atoms with van der Waals surface area (Å²) in [5, 5.41) is 14.0. The molecule has 0 aliphatic rings. The van der Waals surface area contributed by atoms with Crippen molar-refractivity contribution in [1.82, 2.24) is 0 Å². The van der Waals surface area contributed by atoms with Crippen molar-refractivity contribution in [3.05, 3.63) is 90.0 Å². The van der Waals surface area contributed by atoms with Crippen LogP contribution in [0.4, 0.5) is 0 Å². The van der Waals surface area contributed by atoms with Gasteiger partial charge in [0, 0.05) is 0 Å². The van der Waals surface area contributed by atoms with Crippen molar-refractivity contribution in [1.29, 1.82) is 0 Å². The van der Waals surface area contributed by atoms with Crippen molar-refractivity contribution < 1.29 is 14.6 Å². The first kappa shape index (κ1) is 16.2. The Morgan fingerprint density at radius 3 is 2.38 bits per heavy atom. The second-order valence-corrected chi connectivity index (χ2v) is 6.31. The molecule has 1 N–H and O–H groups in total. The lowest BCUT2D eigenvalue weighted by molar-refractivity contribution is -0.137. The van der Waals surface area contributed by atoms with E-state index in [1.165, 1.54) is 0 Å². The topological polar surface area (TPSA) is 46.5 Å². The van der Waals surface area contributed by atoms with Crippen LogP contribution in [0.3, 0.4) is 0 Å². The summed E-state index contributed by atoms with van der Waals surface area (Å²) in [5.41, 5.74) is 1.58. The number of fused-ring (bicyclic) bond motifs is 2. The number of methoxy groups -OCH3 is 1. The lowest BCUT2D eigenvalue weighted by atomic mass is 9.87. The van der Waals surface area contributed by atoms with Crippen LogP contribution >= 0.6 is 0 Å². The van der Waals surface area contributed by atoms with E-state index in [-0.39, 0.29) is 0 Å². The van der Waals surface area contributed by atoms with Gasteiger partial charge in [0.2, 0.25) is 0 Å². The van der Waals surface area contributed by atoms with Gasteiger partial charge in [-0.1, -0.05) is 60.7 Å². The molecule has 4 aromatic rings. The molecule has 1 unspecified atom stereocenters. The number of hydrogen-bond acceptors (Lipinski definition) is 2. The molecule has 0 aliphatic heterocycles. The van der Waals surface area contributed by atoms with E-state index >= 15 is 0 Å². The van der Waals surface area contributed by atoms with Crippen LogP contribution in [0.25, 0.3) is 21.5 Å². The molecule has 0 heterocycles. The van der Waals surface area contributed by atoms with E-state index in [2.05, 4.69) is 0 Å². The van der Waals surface area contributed by atoms with Crippen LogP contribution in [0.2, 0.25) is 0 Å². The Labute approximate surface area is 151 Å². The highest BCUT2D eigenvalue weighted by atomic mass is 16.5. The third-order valence-electron chi connectivity index (χ3n) is 4.79. The predicted molar refractivity (Wildman–Crippen MR) is 104 cm³/mol. The molecule has 1 atom stereocenters. The summed E-state index contributed by atoms with van der Waals surface area (Å²) in [6, 6.07) is 25.3. The monoisotopic (exact) mass is 342 g/mol. The lowest BCUT2D eigenvalue weighted by Crippen LogP contribution is -2.13. The van der Waals surface area contributed by atoms with Crippen molar-refractivity contribution in [2.24, 2.45) is 0 Å². The van der Waals surface area contributed by atoms with Gasteiger partial charge in [0.1, 0.15) is 11.7 Å². The molecule has 0 amide bonds. The molecule has 4 rings (SSSR count). The van der Waals surface area contributed by atoms with Gasteiger partial charge in [-0.2, -0.15) is 0 Å². The molecule has 3 nitrogen and oxygen atoms in total. The lowest BCUT2D eigenvalue weighted by Gasteiger charge is -2.17. The standard InChI is InChI=1S/C23H18O3/c1-26-19-12-11-16-13-18(10-9-17(16)14-19)22(23(24)25)21-8-4-6-15-5-2-3-7-20(15)21/h2-14,22H,1H3,(H,24,25). The van der Waals surface area contributed by atoms with Crippen molar-refractivity contribution in [2.75, 3.05) is 7.11 Å². The second-order valence-electron chi connectivity index (χ2n) is 6.31. The molecule has 26 heavy (non-hydrogen) atoms. The molecule has 0 fully saturated rings. The quantitative estimate of drug-likeness (QED) is 0.553. The summed E-state index contributed by atoms with van der Waals surface area (Å²) in [4.78, 5) is 12.2. The fourth-order valence-electron chi connectivity index (χ4n) is 3.51. The maximum Gasteiger partial charge on any atom is 0.315 e. The number of carboxylic acid groups (broad SMARTS) is 1. The van der Waals surface area contributed by atoms with Crippen LogP contribution in [0.1, 0.15) is 17.0 Å². The van der Waals surface area contributed by atoms with E-state index in [0.29, 0.717) is 0 Å². The number of rotatable bonds is 4. The maximum atomic E-state index is 12.2. The summed E-state index contributed by atoms with van der Waals surface area (Å²) in [6.07, 6.45) is 0. The minimum atomic E-state index is -0.853. The summed E-state index contributed by atoms with van der Waals surface area (Å²) in [6.45, 7) is 0. The number of ether oxygens (including phenoxy) is 1. The highest BCUT2D eigenvalue weighted by Gasteiger charge is 2.24. The molecule has 3 heteroatoms. The minimum Gasteiger partial charge on any atom is -0.497 e. The van der Waals surface area contributed by atoms with Crippen LogP contribution in [-0.4, -0.2) is 18.2 Å². The highest BCUT2D eigenvalue weighted by Crippen LogP contribution is 2.33. The molecule has 0 saturated carbocycles. The zero-order valence-corrected chi connectivity index (χ0v) is 14.3. The van der Waals surface area contributed by atoms with Crippen molar-refractivity contribution >= 4 is 27.5 Å². The van der Waals surface area contributed by atoms with Crippen LogP contribution in [0.5, 0.6) is 5.75 Å². The molecule has 0 radical (unpaired) electrons. The Balaban J connectivity index is 1.89. The van der Waals surface area contributed by atoms with Gasteiger partial charge < -0.3 is 9.84 Å². The Bertz CT molecular complexity index is 1110. The number of hydrogen-bond donors (Lipinski definition) is 1. The summed E-state index contributed by atoms with van der Waals surface area (Å²) in [5.74, 6) is -0.782. The smallest absolute Gasteiger partial charge is 0.315 e. The Morgan fingerprint density at radius 2 is 1.58 bits per heavy atom. The van der Waals surface area contributed by atoms with E-state index in [1.807, 2.05) is 78.9 Å². The second kappa shape index (κ2) is 6.52. The third kappa shape index (κ3) is 2.78. The van der Waals surface area contributed by atoms with E-state index in [1.54, 1.807) is 7.11 Å². The van der Waals surface area contributed by atoms with Gasteiger partial charge in [0.25, 0.3) is 0 Å². The molecular formula is C23H18O3. The van der Waals surface area contributed by atoms with Gasteiger partial charge in [-0.05, 0) is 50.9 Å². The number of aliphatic carboxylic acids is 1. The zero-order chi connectivity index (χ0) is 18.1. The first-order chi connectivity index (χ1) is 12.7. The molecule has 0 aliphatic carbocycles. The summed E-state index contributed by atoms with van der Waals surface area (Å²) >= 11 is 0. The van der Waals surface area contributed by atoms with Crippen molar-refractivity contribution in [3.8, 4) is 5.75 Å².